The molecule has 122 valence electrons. The van der Waals surface area contributed by atoms with Crippen molar-refractivity contribution in [2.45, 2.75) is 37.8 Å². The molecule has 0 unspecified atom stereocenters. The van der Waals surface area contributed by atoms with E-state index in [9.17, 15) is 14.0 Å². The van der Waals surface area contributed by atoms with Crippen LogP contribution < -0.4 is 5.32 Å². The minimum Gasteiger partial charge on any atom is -0.466 e. The number of carbonyl (C=O) groups is 2. The van der Waals surface area contributed by atoms with Gasteiger partial charge < -0.3 is 10.1 Å². The van der Waals surface area contributed by atoms with Crippen LogP contribution in [0.1, 0.15) is 31.7 Å². The van der Waals surface area contributed by atoms with Gasteiger partial charge in [-0.15, -0.1) is 0 Å². The standard InChI is InChI=1S/C17H19FN2O3/c1-2-23-15(21)11-9-17(20-7-3-4-14(11)20)12-8-10(18)5-6-13(12)19-16(17)22/h5-6,8,11,14H,2-4,7,9H2,1H3,(H,19,22)/t11-,14-,17+/m1/s1. The summed E-state index contributed by atoms with van der Waals surface area (Å²) < 4.78 is 19.0. The molecule has 0 aromatic heterocycles. The van der Waals surface area contributed by atoms with Crippen LogP contribution in [0.2, 0.25) is 0 Å². The van der Waals surface area contributed by atoms with Gasteiger partial charge in [0.25, 0.3) is 0 Å². The average molecular weight is 318 g/mol. The summed E-state index contributed by atoms with van der Waals surface area (Å²) in [6, 6.07) is 4.36. The molecule has 3 aliphatic rings. The maximum atomic E-state index is 13.8. The number of fused-ring (bicyclic) bond motifs is 4. The predicted molar refractivity (Wildman–Crippen MR) is 81.2 cm³/mol. The van der Waals surface area contributed by atoms with Crippen molar-refractivity contribution >= 4 is 17.6 Å². The smallest absolute Gasteiger partial charge is 0.310 e. The van der Waals surface area contributed by atoms with Crippen LogP contribution in [0.25, 0.3) is 0 Å². The van der Waals surface area contributed by atoms with Gasteiger partial charge >= 0.3 is 5.97 Å². The molecule has 1 aromatic carbocycles. The predicted octanol–water partition coefficient (Wildman–Crippen LogP) is 2.02. The maximum Gasteiger partial charge on any atom is 0.310 e. The summed E-state index contributed by atoms with van der Waals surface area (Å²) in [4.78, 5) is 27.3. The highest BCUT2D eigenvalue weighted by molar-refractivity contribution is 6.06. The zero-order chi connectivity index (χ0) is 16.2. The van der Waals surface area contributed by atoms with Gasteiger partial charge in [0.15, 0.2) is 0 Å². The molecule has 1 amide bonds. The van der Waals surface area contributed by atoms with E-state index in [2.05, 4.69) is 10.2 Å². The number of hydrogen-bond acceptors (Lipinski definition) is 4. The molecule has 3 atom stereocenters. The lowest BCUT2D eigenvalue weighted by atomic mass is 9.84. The SMILES string of the molecule is CCOC(=O)[C@@H]1C[C@]2(C(=O)Nc3ccc(F)cc32)N2CCC[C@H]12. The van der Waals surface area contributed by atoms with Crippen molar-refractivity contribution in [3.8, 4) is 0 Å². The van der Waals surface area contributed by atoms with Gasteiger partial charge in [0.2, 0.25) is 5.91 Å². The van der Waals surface area contributed by atoms with Crippen LogP contribution in [-0.4, -0.2) is 36.0 Å². The fraction of sp³-hybridized carbons (Fsp3) is 0.529. The highest BCUT2D eigenvalue weighted by Crippen LogP contribution is 2.54. The lowest BCUT2D eigenvalue weighted by Gasteiger charge is -2.32. The van der Waals surface area contributed by atoms with Gasteiger partial charge in [-0.25, -0.2) is 4.39 Å². The fourth-order valence-electron chi connectivity index (χ4n) is 4.55. The molecule has 5 nitrogen and oxygen atoms in total. The molecule has 0 saturated carbocycles. The molecule has 1 N–H and O–H groups in total. The van der Waals surface area contributed by atoms with E-state index < -0.39 is 5.54 Å². The number of nitrogens with zero attached hydrogens (tertiary/aromatic N) is 1. The summed E-state index contributed by atoms with van der Waals surface area (Å²) in [6.45, 7) is 2.85. The molecule has 0 bridgehead atoms. The Kier molecular flexibility index (Phi) is 3.20. The normalized spacial score (nSPS) is 32.0. The van der Waals surface area contributed by atoms with Gasteiger partial charge in [0.1, 0.15) is 11.4 Å². The molecule has 6 heteroatoms. The highest BCUT2D eigenvalue weighted by Gasteiger charge is 2.63. The summed E-state index contributed by atoms with van der Waals surface area (Å²) in [6.07, 6.45) is 2.15. The van der Waals surface area contributed by atoms with Crippen LogP contribution in [0.5, 0.6) is 0 Å². The van der Waals surface area contributed by atoms with Gasteiger partial charge in [-0.1, -0.05) is 0 Å². The minimum absolute atomic E-state index is 0.00554. The highest BCUT2D eigenvalue weighted by atomic mass is 19.1. The van der Waals surface area contributed by atoms with Crippen LogP contribution in [0.3, 0.4) is 0 Å². The Morgan fingerprint density at radius 1 is 1.52 bits per heavy atom. The Morgan fingerprint density at radius 3 is 3.13 bits per heavy atom. The summed E-state index contributed by atoms with van der Waals surface area (Å²) in [5.74, 6) is -1.11. The number of ether oxygens (including phenoxy) is 1. The topological polar surface area (TPSA) is 58.6 Å². The lowest BCUT2D eigenvalue weighted by Crippen LogP contribution is -2.47. The minimum atomic E-state index is -0.934. The van der Waals surface area contributed by atoms with Crippen LogP contribution in [0.15, 0.2) is 18.2 Å². The lowest BCUT2D eigenvalue weighted by molar-refractivity contribution is -0.148. The van der Waals surface area contributed by atoms with E-state index in [0.717, 1.165) is 19.4 Å². The van der Waals surface area contributed by atoms with Gasteiger partial charge in [-0.3, -0.25) is 14.5 Å². The third-order valence-corrected chi connectivity index (χ3v) is 5.41. The Morgan fingerprint density at radius 2 is 2.35 bits per heavy atom. The number of rotatable bonds is 2. The first-order valence-electron chi connectivity index (χ1n) is 8.13. The van der Waals surface area contributed by atoms with Crippen molar-refractivity contribution in [1.82, 2.24) is 4.90 Å². The van der Waals surface area contributed by atoms with E-state index in [1.54, 1.807) is 13.0 Å². The molecule has 2 saturated heterocycles. The largest absolute Gasteiger partial charge is 0.466 e. The van der Waals surface area contributed by atoms with E-state index >= 15 is 0 Å². The monoisotopic (exact) mass is 318 g/mol. The number of esters is 1. The van der Waals surface area contributed by atoms with Crippen molar-refractivity contribution in [1.29, 1.82) is 0 Å². The van der Waals surface area contributed by atoms with E-state index in [-0.39, 0.29) is 29.7 Å². The van der Waals surface area contributed by atoms with Crippen molar-refractivity contribution in [3.63, 3.8) is 0 Å². The maximum absolute atomic E-state index is 13.8. The number of hydrogen-bond donors (Lipinski definition) is 1. The molecule has 0 aliphatic carbocycles. The fourth-order valence-corrected chi connectivity index (χ4v) is 4.55. The Labute approximate surface area is 133 Å². The zero-order valence-electron chi connectivity index (χ0n) is 13.0. The number of carbonyl (C=O) groups excluding carboxylic acids is 2. The molecule has 0 radical (unpaired) electrons. The molecule has 3 aliphatic heterocycles. The number of benzene rings is 1. The van der Waals surface area contributed by atoms with Crippen LogP contribution in [-0.2, 0) is 19.9 Å². The second kappa shape index (κ2) is 5.03. The van der Waals surface area contributed by atoms with E-state index in [1.165, 1.54) is 12.1 Å². The van der Waals surface area contributed by atoms with Gasteiger partial charge in [-0.05, 0) is 50.9 Å². The number of anilines is 1. The van der Waals surface area contributed by atoms with Crippen molar-refractivity contribution < 1.29 is 18.7 Å². The number of amides is 1. The summed E-state index contributed by atoms with van der Waals surface area (Å²) in [5, 5.41) is 2.86. The summed E-state index contributed by atoms with van der Waals surface area (Å²) in [5.41, 5.74) is 0.364. The molecule has 3 heterocycles. The van der Waals surface area contributed by atoms with E-state index in [1.807, 2.05) is 0 Å². The number of halogens is 1. The van der Waals surface area contributed by atoms with Crippen LogP contribution in [0, 0.1) is 11.7 Å². The molecule has 1 aromatic rings. The second-order valence-corrected chi connectivity index (χ2v) is 6.47. The molecular weight excluding hydrogens is 299 g/mol. The summed E-state index contributed by atoms with van der Waals surface area (Å²) >= 11 is 0. The zero-order valence-corrected chi connectivity index (χ0v) is 13.0. The molecule has 2 fully saturated rings. The first-order valence-corrected chi connectivity index (χ1v) is 8.13. The Hall–Kier alpha value is -1.95. The Balaban J connectivity index is 1.81. The Bertz CT molecular complexity index is 692. The third kappa shape index (κ3) is 1.87. The molecule has 1 spiro atoms. The van der Waals surface area contributed by atoms with E-state index in [0.29, 0.717) is 24.3 Å². The average Bonchev–Trinajstić information content (AvgIpc) is 3.16. The van der Waals surface area contributed by atoms with Crippen LogP contribution in [0.4, 0.5) is 10.1 Å². The van der Waals surface area contributed by atoms with Gasteiger partial charge in [0.05, 0.1) is 12.5 Å². The van der Waals surface area contributed by atoms with Crippen LogP contribution >= 0.6 is 0 Å². The quantitative estimate of drug-likeness (QED) is 0.848. The van der Waals surface area contributed by atoms with Crippen molar-refractivity contribution in [2.24, 2.45) is 5.92 Å². The first kappa shape index (κ1) is 14.6. The summed E-state index contributed by atoms with van der Waals surface area (Å²) in [7, 11) is 0. The van der Waals surface area contributed by atoms with Gasteiger partial charge in [0, 0.05) is 17.3 Å². The molecule has 23 heavy (non-hydrogen) atoms. The van der Waals surface area contributed by atoms with Gasteiger partial charge in [-0.2, -0.15) is 0 Å². The second-order valence-electron chi connectivity index (χ2n) is 6.47. The third-order valence-electron chi connectivity index (χ3n) is 5.41. The molecule has 4 rings (SSSR count). The molecular formula is C17H19FN2O3. The van der Waals surface area contributed by atoms with E-state index in [4.69, 9.17) is 4.74 Å². The van der Waals surface area contributed by atoms with Crippen molar-refractivity contribution in [2.75, 3.05) is 18.5 Å². The number of nitrogens with one attached hydrogen (secondary N) is 1. The van der Waals surface area contributed by atoms with Crippen molar-refractivity contribution in [3.05, 3.63) is 29.6 Å². The first-order chi connectivity index (χ1) is 11.1.